The molecule has 0 fully saturated rings. The topological polar surface area (TPSA) is 70.9 Å². The molecule has 1 aromatic carbocycles. The van der Waals surface area contributed by atoms with Crippen LogP contribution in [0, 0.1) is 6.92 Å². The largest absolute Gasteiger partial charge is 0.444 e. The van der Waals surface area contributed by atoms with Crippen molar-refractivity contribution in [3.63, 3.8) is 0 Å². The van der Waals surface area contributed by atoms with Crippen molar-refractivity contribution < 1.29 is 9.21 Å². The number of carbonyl (C=O) groups excluding carboxylic acids is 1. The number of amides is 1. The van der Waals surface area contributed by atoms with Gasteiger partial charge in [-0.3, -0.25) is 4.79 Å². The predicted octanol–water partition coefficient (Wildman–Crippen LogP) is 2.88. The highest BCUT2D eigenvalue weighted by Gasteiger charge is 2.15. The molecule has 2 aromatic heterocycles. The van der Waals surface area contributed by atoms with E-state index >= 15 is 0 Å². The summed E-state index contributed by atoms with van der Waals surface area (Å²) in [6.07, 6.45) is 3.86. The Bertz CT molecular complexity index is 773. The first-order valence-electron chi connectivity index (χ1n) is 6.90. The van der Waals surface area contributed by atoms with Gasteiger partial charge < -0.3 is 14.7 Å². The molecule has 0 saturated heterocycles. The second-order valence-electron chi connectivity index (χ2n) is 5.13. The van der Waals surface area contributed by atoms with Crippen LogP contribution >= 0.6 is 0 Å². The highest BCUT2D eigenvalue weighted by Crippen LogP contribution is 2.18. The summed E-state index contributed by atoms with van der Waals surface area (Å²) in [7, 11) is 0. The second kappa shape index (κ2) is 5.44. The number of aromatic nitrogens is 2. The zero-order chi connectivity index (χ0) is 14.8. The van der Waals surface area contributed by atoms with Crippen molar-refractivity contribution in [3.8, 4) is 0 Å². The standard InChI is InChI=1S/C16H17N3O2/c1-10-8-18-16(21-10)11(2)19-15(20)7-12-9-17-14-6-4-3-5-13(12)14/h3-6,8-9,11,17H,7H2,1-2H3,(H,19,20). The lowest BCUT2D eigenvalue weighted by Gasteiger charge is -2.10. The minimum absolute atomic E-state index is 0.0527. The van der Waals surface area contributed by atoms with Crippen LogP contribution in [-0.2, 0) is 11.2 Å². The third-order valence-corrected chi connectivity index (χ3v) is 3.41. The maximum Gasteiger partial charge on any atom is 0.225 e. The molecule has 21 heavy (non-hydrogen) atoms. The molecule has 0 spiro atoms. The van der Waals surface area contributed by atoms with Gasteiger partial charge in [0, 0.05) is 17.1 Å². The Morgan fingerprint density at radius 2 is 2.24 bits per heavy atom. The van der Waals surface area contributed by atoms with Crippen molar-refractivity contribution >= 4 is 16.8 Å². The second-order valence-corrected chi connectivity index (χ2v) is 5.13. The van der Waals surface area contributed by atoms with Crippen molar-refractivity contribution in [2.45, 2.75) is 26.3 Å². The molecule has 0 aliphatic heterocycles. The zero-order valence-electron chi connectivity index (χ0n) is 12.0. The Morgan fingerprint density at radius 1 is 1.43 bits per heavy atom. The van der Waals surface area contributed by atoms with Crippen LogP contribution in [-0.4, -0.2) is 15.9 Å². The number of aryl methyl sites for hydroxylation is 1. The summed E-state index contributed by atoms with van der Waals surface area (Å²) in [5.41, 5.74) is 2.02. The summed E-state index contributed by atoms with van der Waals surface area (Å²) in [6, 6.07) is 7.70. The predicted molar refractivity (Wildman–Crippen MR) is 79.8 cm³/mol. The quantitative estimate of drug-likeness (QED) is 0.773. The van der Waals surface area contributed by atoms with Gasteiger partial charge in [0.2, 0.25) is 11.8 Å². The van der Waals surface area contributed by atoms with Crippen molar-refractivity contribution in [1.29, 1.82) is 0 Å². The molecule has 3 rings (SSSR count). The number of rotatable bonds is 4. The molecule has 0 aliphatic carbocycles. The number of aromatic amines is 1. The van der Waals surface area contributed by atoms with Gasteiger partial charge in [0.1, 0.15) is 11.8 Å². The third-order valence-electron chi connectivity index (χ3n) is 3.41. The first-order chi connectivity index (χ1) is 10.1. The third kappa shape index (κ3) is 2.81. The maximum absolute atomic E-state index is 12.2. The molecule has 3 aromatic rings. The van der Waals surface area contributed by atoms with E-state index in [-0.39, 0.29) is 11.9 Å². The Hall–Kier alpha value is -2.56. The maximum atomic E-state index is 12.2. The summed E-state index contributed by atoms with van der Waals surface area (Å²) in [4.78, 5) is 19.4. The van der Waals surface area contributed by atoms with E-state index in [0.717, 1.165) is 22.2 Å². The van der Waals surface area contributed by atoms with Crippen LogP contribution in [0.1, 0.15) is 30.2 Å². The number of nitrogens with one attached hydrogen (secondary N) is 2. The molecule has 108 valence electrons. The highest BCUT2D eigenvalue weighted by atomic mass is 16.4. The average molecular weight is 283 g/mol. The molecule has 5 nitrogen and oxygen atoms in total. The summed E-state index contributed by atoms with van der Waals surface area (Å²) in [6.45, 7) is 3.69. The smallest absolute Gasteiger partial charge is 0.225 e. The number of oxazole rings is 1. The molecule has 0 radical (unpaired) electrons. The lowest BCUT2D eigenvalue weighted by Crippen LogP contribution is -2.28. The Labute approximate surface area is 122 Å². The van der Waals surface area contributed by atoms with Crippen LogP contribution in [0.3, 0.4) is 0 Å². The summed E-state index contributed by atoms with van der Waals surface area (Å²) >= 11 is 0. The SMILES string of the molecule is Cc1cnc(C(C)NC(=O)Cc2c[nH]c3ccccc23)o1. The molecule has 0 bridgehead atoms. The number of nitrogens with zero attached hydrogens (tertiary/aromatic N) is 1. The summed E-state index contributed by atoms with van der Waals surface area (Å²) in [5.74, 6) is 1.21. The molecule has 1 unspecified atom stereocenters. The fourth-order valence-corrected chi connectivity index (χ4v) is 2.38. The average Bonchev–Trinajstić information content (AvgIpc) is 3.06. The highest BCUT2D eigenvalue weighted by molar-refractivity contribution is 5.88. The fraction of sp³-hybridized carbons (Fsp3) is 0.250. The van der Waals surface area contributed by atoms with Crippen LogP contribution in [0.25, 0.3) is 10.9 Å². The Balaban J connectivity index is 1.69. The van der Waals surface area contributed by atoms with E-state index in [1.54, 1.807) is 6.20 Å². The van der Waals surface area contributed by atoms with E-state index in [1.165, 1.54) is 0 Å². The van der Waals surface area contributed by atoms with Gasteiger partial charge in [-0.15, -0.1) is 0 Å². The molecule has 5 heteroatoms. The lowest BCUT2D eigenvalue weighted by molar-refractivity contribution is -0.121. The van der Waals surface area contributed by atoms with Crippen molar-refractivity contribution in [2.75, 3.05) is 0 Å². The number of hydrogen-bond acceptors (Lipinski definition) is 3. The van der Waals surface area contributed by atoms with Crippen LogP contribution in [0.4, 0.5) is 0 Å². The van der Waals surface area contributed by atoms with Gasteiger partial charge >= 0.3 is 0 Å². The first kappa shape index (κ1) is 13.4. The molecular weight excluding hydrogens is 266 g/mol. The van der Waals surface area contributed by atoms with Gasteiger partial charge in [-0.25, -0.2) is 4.98 Å². The summed E-state index contributed by atoms with van der Waals surface area (Å²) < 4.78 is 5.42. The molecule has 1 atom stereocenters. The van der Waals surface area contributed by atoms with E-state index in [4.69, 9.17) is 4.42 Å². The molecule has 0 saturated carbocycles. The van der Waals surface area contributed by atoms with E-state index in [2.05, 4.69) is 15.3 Å². The zero-order valence-corrected chi connectivity index (χ0v) is 12.0. The van der Waals surface area contributed by atoms with Gasteiger partial charge in [-0.1, -0.05) is 18.2 Å². The summed E-state index contributed by atoms with van der Waals surface area (Å²) in [5, 5.41) is 3.98. The van der Waals surface area contributed by atoms with Crippen molar-refractivity contribution in [2.24, 2.45) is 0 Å². The fourth-order valence-electron chi connectivity index (χ4n) is 2.38. The number of H-pyrrole nitrogens is 1. The number of hydrogen-bond donors (Lipinski definition) is 2. The van der Waals surface area contributed by atoms with Crippen molar-refractivity contribution in [1.82, 2.24) is 15.3 Å². The normalized spacial score (nSPS) is 12.5. The lowest BCUT2D eigenvalue weighted by atomic mass is 10.1. The number of fused-ring (bicyclic) bond motifs is 1. The molecule has 2 N–H and O–H groups in total. The van der Waals surface area contributed by atoms with Gasteiger partial charge in [-0.05, 0) is 25.5 Å². The van der Waals surface area contributed by atoms with Crippen molar-refractivity contribution in [3.05, 3.63) is 53.9 Å². The number of carbonyl (C=O) groups is 1. The number of para-hydroxylation sites is 1. The minimum Gasteiger partial charge on any atom is -0.444 e. The monoisotopic (exact) mass is 283 g/mol. The van der Waals surface area contributed by atoms with E-state index in [1.807, 2.05) is 44.3 Å². The Morgan fingerprint density at radius 3 is 3.00 bits per heavy atom. The molecule has 2 heterocycles. The van der Waals surface area contributed by atoms with E-state index in [0.29, 0.717) is 12.3 Å². The van der Waals surface area contributed by atoms with E-state index in [9.17, 15) is 4.79 Å². The molecular formula is C16H17N3O2. The number of benzene rings is 1. The van der Waals surface area contributed by atoms with Crippen LogP contribution in [0.2, 0.25) is 0 Å². The van der Waals surface area contributed by atoms with Crippen LogP contribution in [0.15, 0.2) is 41.1 Å². The van der Waals surface area contributed by atoms with Crippen LogP contribution in [0.5, 0.6) is 0 Å². The Kier molecular flexibility index (Phi) is 3.48. The molecule has 0 aliphatic rings. The molecule has 1 amide bonds. The van der Waals surface area contributed by atoms with Gasteiger partial charge in [-0.2, -0.15) is 0 Å². The van der Waals surface area contributed by atoms with Gasteiger partial charge in [0.05, 0.1) is 12.6 Å². The first-order valence-corrected chi connectivity index (χ1v) is 6.90. The van der Waals surface area contributed by atoms with Crippen LogP contribution < -0.4 is 5.32 Å². The van der Waals surface area contributed by atoms with Gasteiger partial charge in [0.15, 0.2) is 0 Å². The minimum atomic E-state index is -0.239. The van der Waals surface area contributed by atoms with E-state index < -0.39 is 0 Å². The van der Waals surface area contributed by atoms with Gasteiger partial charge in [0.25, 0.3) is 0 Å².